The van der Waals surface area contributed by atoms with Crippen molar-refractivity contribution in [2.75, 3.05) is 11.4 Å². The van der Waals surface area contributed by atoms with Gasteiger partial charge in [0.1, 0.15) is 6.04 Å². The monoisotopic (exact) mass is 340 g/mol. The van der Waals surface area contributed by atoms with E-state index in [0.29, 0.717) is 13.0 Å². The SMILES string of the molecule is CCC[C@H](C(=O)N[C@@H]1CCN(c2cnn(C)c2)C1=O)c1ccccc1. The van der Waals surface area contributed by atoms with E-state index in [1.165, 1.54) is 0 Å². The molecule has 25 heavy (non-hydrogen) atoms. The molecule has 3 rings (SSSR count). The van der Waals surface area contributed by atoms with Gasteiger partial charge in [-0.1, -0.05) is 43.7 Å². The number of nitrogens with zero attached hydrogens (tertiary/aromatic N) is 3. The van der Waals surface area contributed by atoms with Crippen LogP contribution in [0.15, 0.2) is 42.7 Å². The van der Waals surface area contributed by atoms with Crippen LogP contribution < -0.4 is 10.2 Å². The number of carbonyl (C=O) groups is 2. The molecule has 2 amide bonds. The topological polar surface area (TPSA) is 67.2 Å². The second-order valence-corrected chi connectivity index (χ2v) is 6.46. The summed E-state index contributed by atoms with van der Waals surface area (Å²) in [6.07, 6.45) is 5.78. The summed E-state index contributed by atoms with van der Waals surface area (Å²) in [4.78, 5) is 27.1. The van der Waals surface area contributed by atoms with E-state index in [0.717, 1.165) is 24.1 Å². The van der Waals surface area contributed by atoms with Gasteiger partial charge < -0.3 is 10.2 Å². The van der Waals surface area contributed by atoms with Crippen molar-refractivity contribution in [1.29, 1.82) is 0 Å². The third-order valence-electron chi connectivity index (χ3n) is 4.62. The van der Waals surface area contributed by atoms with Crippen LogP contribution >= 0.6 is 0 Å². The van der Waals surface area contributed by atoms with Gasteiger partial charge >= 0.3 is 0 Å². The number of amides is 2. The van der Waals surface area contributed by atoms with E-state index in [1.54, 1.807) is 15.8 Å². The van der Waals surface area contributed by atoms with E-state index in [9.17, 15) is 9.59 Å². The Morgan fingerprint density at radius 2 is 2.12 bits per heavy atom. The molecule has 0 unspecified atom stereocenters. The summed E-state index contributed by atoms with van der Waals surface area (Å²) < 4.78 is 1.67. The molecule has 2 aromatic rings. The van der Waals surface area contributed by atoms with Gasteiger partial charge in [-0.25, -0.2) is 0 Å². The zero-order valence-corrected chi connectivity index (χ0v) is 14.7. The van der Waals surface area contributed by atoms with Crippen LogP contribution in [0.5, 0.6) is 0 Å². The minimum atomic E-state index is -0.462. The van der Waals surface area contributed by atoms with Crippen LogP contribution in [0.1, 0.15) is 37.7 Å². The number of anilines is 1. The van der Waals surface area contributed by atoms with Crippen LogP contribution in [-0.2, 0) is 16.6 Å². The average Bonchev–Trinajstić information content (AvgIpc) is 3.19. The summed E-state index contributed by atoms with van der Waals surface area (Å²) in [6, 6.07) is 9.30. The van der Waals surface area contributed by atoms with Gasteiger partial charge in [0.15, 0.2) is 0 Å². The van der Waals surface area contributed by atoms with Gasteiger partial charge in [0, 0.05) is 19.8 Å². The average molecular weight is 340 g/mol. The Kier molecular flexibility index (Phi) is 5.16. The van der Waals surface area contributed by atoms with Crippen LogP contribution in [0, 0.1) is 0 Å². The molecule has 0 spiro atoms. The van der Waals surface area contributed by atoms with E-state index in [1.807, 2.05) is 43.6 Å². The molecule has 1 saturated heterocycles. The number of hydrogen-bond acceptors (Lipinski definition) is 3. The predicted molar refractivity (Wildman–Crippen MR) is 96.2 cm³/mol. The van der Waals surface area contributed by atoms with Gasteiger partial charge in [0.25, 0.3) is 0 Å². The lowest BCUT2D eigenvalue weighted by molar-refractivity contribution is -0.127. The van der Waals surface area contributed by atoms with Crippen molar-refractivity contribution < 1.29 is 9.59 Å². The number of benzene rings is 1. The van der Waals surface area contributed by atoms with E-state index in [4.69, 9.17) is 0 Å². The summed E-state index contributed by atoms with van der Waals surface area (Å²) in [6.45, 7) is 2.66. The van der Waals surface area contributed by atoms with E-state index < -0.39 is 6.04 Å². The third-order valence-corrected chi connectivity index (χ3v) is 4.62. The highest BCUT2D eigenvalue weighted by Gasteiger charge is 2.35. The van der Waals surface area contributed by atoms with Crippen molar-refractivity contribution in [3.63, 3.8) is 0 Å². The number of carbonyl (C=O) groups excluding carboxylic acids is 2. The summed E-state index contributed by atoms with van der Waals surface area (Å²) in [5, 5.41) is 7.07. The maximum Gasteiger partial charge on any atom is 0.249 e. The Morgan fingerprint density at radius 3 is 2.76 bits per heavy atom. The van der Waals surface area contributed by atoms with Crippen LogP contribution in [0.3, 0.4) is 0 Å². The van der Waals surface area contributed by atoms with Gasteiger partial charge in [-0.05, 0) is 18.4 Å². The first-order valence-corrected chi connectivity index (χ1v) is 8.75. The first kappa shape index (κ1) is 17.2. The Morgan fingerprint density at radius 1 is 1.36 bits per heavy atom. The molecule has 1 N–H and O–H groups in total. The minimum Gasteiger partial charge on any atom is -0.344 e. The predicted octanol–water partition coefficient (Wildman–Crippen LogP) is 2.23. The van der Waals surface area contributed by atoms with Gasteiger partial charge in [0.2, 0.25) is 11.8 Å². The Hall–Kier alpha value is -2.63. The van der Waals surface area contributed by atoms with E-state index in [2.05, 4.69) is 17.3 Å². The van der Waals surface area contributed by atoms with Gasteiger partial charge in [-0.15, -0.1) is 0 Å². The molecule has 1 aliphatic rings. The lowest BCUT2D eigenvalue weighted by Crippen LogP contribution is -2.43. The van der Waals surface area contributed by atoms with Crippen LogP contribution in [0.4, 0.5) is 5.69 Å². The van der Waals surface area contributed by atoms with Crippen LogP contribution in [0.25, 0.3) is 0 Å². The maximum absolute atomic E-state index is 12.8. The molecule has 1 aliphatic heterocycles. The molecule has 132 valence electrons. The summed E-state index contributed by atoms with van der Waals surface area (Å²) in [5.41, 5.74) is 1.77. The first-order chi connectivity index (χ1) is 12.1. The van der Waals surface area contributed by atoms with E-state index >= 15 is 0 Å². The molecule has 1 aromatic carbocycles. The molecule has 1 aromatic heterocycles. The molecule has 6 nitrogen and oxygen atoms in total. The molecular formula is C19H24N4O2. The van der Waals surface area contributed by atoms with Gasteiger partial charge in [-0.2, -0.15) is 5.10 Å². The van der Waals surface area contributed by atoms with Crippen molar-refractivity contribution in [2.24, 2.45) is 7.05 Å². The number of nitrogens with one attached hydrogen (secondary N) is 1. The molecule has 6 heteroatoms. The molecule has 2 heterocycles. The highest BCUT2D eigenvalue weighted by atomic mass is 16.2. The molecule has 0 radical (unpaired) electrons. The fraction of sp³-hybridized carbons (Fsp3) is 0.421. The van der Waals surface area contributed by atoms with Crippen molar-refractivity contribution in [3.8, 4) is 0 Å². The van der Waals surface area contributed by atoms with Gasteiger partial charge in [0.05, 0.1) is 17.8 Å². The van der Waals surface area contributed by atoms with Crippen molar-refractivity contribution in [1.82, 2.24) is 15.1 Å². The summed E-state index contributed by atoms with van der Waals surface area (Å²) in [5.74, 6) is -0.351. The lowest BCUT2D eigenvalue weighted by atomic mass is 9.93. The van der Waals surface area contributed by atoms with E-state index in [-0.39, 0.29) is 17.7 Å². The molecule has 2 atom stereocenters. The van der Waals surface area contributed by atoms with Crippen LogP contribution in [-0.4, -0.2) is 34.2 Å². The highest BCUT2D eigenvalue weighted by Crippen LogP contribution is 2.24. The minimum absolute atomic E-state index is 0.0651. The molecule has 0 aliphatic carbocycles. The smallest absolute Gasteiger partial charge is 0.249 e. The highest BCUT2D eigenvalue weighted by molar-refractivity contribution is 6.01. The second kappa shape index (κ2) is 7.51. The zero-order valence-electron chi connectivity index (χ0n) is 14.7. The Balaban J connectivity index is 1.68. The largest absolute Gasteiger partial charge is 0.344 e. The lowest BCUT2D eigenvalue weighted by Gasteiger charge is -2.20. The summed E-state index contributed by atoms with van der Waals surface area (Å²) in [7, 11) is 1.82. The number of hydrogen-bond donors (Lipinski definition) is 1. The number of aryl methyl sites for hydroxylation is 1. The number of aromatic nitrogens is 2. The standard InChI is InChI=1S/C19H24N4O2/c1-3-7-16(14-8-5-4-6-9-14)18(24)21-17-10-11-23(19(17)25)15-12-20-22(2)13-15/h4-6,8-9,12-13,16-17H,3,7,10-11H2,1-2H3,(H,21,24)/t16-,17+/m0/s1. The fourth-order valence-electron chi connectivity index (χ4n) is 3.31. The zero-order chi connectivity index (χ0) is 17.8. The second-order valence-electron chi connectivity index (χ2n) is 6.46. The van der Waals surface area contributed by atoms with Crippen molar-refractivity contribution in [3.05, 3.63) is 48.3 Å². The Labute approximate surface area is 147 Å². The van der Waals surface area contributed by atoms with Crippen molar-refractivity contribution in [2.45, 2.75) is 38.1 Å². The molecule has 1 fully saturated rings. The Bertz CT molecular complexity index is 741. The van der Waals surface area contributed by atoms with Crippen molar-refractivity contribution >= 4 is 17.5 Å². The third kappa shape index (κ3) is 3.73. The normalized spacial score (nSPS) is 18.4. The van der Waals surface area contributed by atoms with Crippen LogP contribution in [0.2, 0.25) is 0 Å². The molecule has 0 bridgehead atoms. The first-order valence-electron chi connectivity index (χ1n) is 8.75. The quantitative estimate of drug-likeness (QED) is 0.877. The number of rotatable bonds is 6. The molecular weight excluding hydrogens is 316 g/mol. The fourth-order valence-corrected chi connectivity index (χ4v) is 3.31. The maximum atomic E-state index is 12.8. The van der Waals surface area contributed by atoms with Gasteiger partial charge in [-0.3, -0.25) is 14.3 Å². The summed E-state index contributed by atoms with van der Waals surface area (Å²) >= 11 is 0. The molecule has 0 saturated carbocycles.